The van der Waals surface area contributed by atoms with Gasteiger partial charge in [0.15, 0.2) is 6.04 Å². The standard InChI is InChI=1S/C19H23ClN2O2/c1-15(19(23)21-14-16-6-4-3-5-7-16)22(2)12-13-24-18-10-8-17(20)9-11-18/h3-11,15H,12-14H2,1-2H3,(H,21,23)/p+1/t15-/m1/s1. The molecule has 1 amide bonds. The van der Waals surface area contributed by atoms with Crippen LogP contribution in [0.2, 0.25) is 5.02 Å². The summed E-state index contributed by atoms with van der Waals surface area (Å²) in [6.07, 6.45) is 0. The number of quaternary nitrogens is 1. The molecule has 0 saturated carbocycles. The molecule has 0 aliphatic rings. The molecule has 4 nitrogen and oxygen atoms in total. The highest BCUT2D eigenvalue weighted by atomic mass is 35.5. The molecule has 0 aromatic heterocycles. The Kier molecular flexibility index (Phi) is 7.09. The minimum absolute atomic E-state index is 0.0443. The summed E-state index contributed by atoms with van der Waals surface area (Å²) in [5.74, 6) is 0.830. The number of ether oxygens (including phenoxy) is 1. The highest BCUT2D eigenvalue weighted by Crippen LogP contribution is 2.14. The normalized spacial score (nSPS) is 13.1. The van der Waals surface area contributed by atoms with Crippen molar-refractivity contribution >= 4 is 17.5 Å². The highest BCUT2D eigenvalue weighted by Gasteiger charge is 2.21. The van der Waals surface area contributed by atoms with Gasteiger partial charge in [0.1, 0.15) is 18.9 Å². The van der Waals surface area contributed by atoms with E-state index in [4.69, 9.17) is 16.3 Å². The third kappa shape index (κ3) is 5.87. The largest absolute Gasteiger partial charge is 0.488 e. The first-order valence-corrected chi connectivity index (χ1v) is 8.46. The summed E-state index contributed by atoms with van der Waals surface area (Å²) in [5.41, 5.74) is 1.10. The van der Waals surface area contributed by atoms with E-state index in [9.17, 15) is 4.79 Å². The second kappa shape index (κ2) is 9.30. The molecule has 2 rings (SSSR count). The summed E-state index contributed by atoms with van der Waals surface area (Å²) in [4.78, 5) is 13.3. The number of nitrogens with one attached hydrogen (secondary N) is 2. The molecule has 0 saturated heterocycles. The molecule has 128 valence electrons. The van der Waals surface area contributed by atoms with E-state index in [1.165, 1.54) is 0 Å². The average Bonchev–Trinajstić information content (AvgIpc) is 2.61. The van der Waals surface area contributed by atoms with Gasteiger partial charge in [0, 0.05) is 11.6 Å². The lowest BCUT2D eigenvalue weighted by Crippen LogP contribution is -3.14. The lowest BCUT2D eigenvalue weighted by atomic mass is 10.2. The van der Waals surface area contributed by atoms with E-state index in [-0.39, 0.29) is 11.9 Å². The molecule has 5 heteroatoms. The highest BCUT2D eigenvalue weighted by molar-refractivity contribution is 6.30. The van der Waals surface area contributed by atoms with Crippen LogP contribution in [0.25, 0.3) is 0 Å². The third-order valence-electron chi connectivity index (χ3n) is 4.02. The van der Waals surface area contributed by atoms with Crippen molar-refractivity contribution in [3.05, 3.63) is 65.2 Å². The number of carbonyl (C=O) groups is 1. The van der Waals surface area contributed by atoms with E-state index < -0.39 is 0 Å². The van der Waals surface area contributed by atoms with Crippen molar-refractivity contribution in [2.75, 3.05) is 20.2 Å². The van der Waals surface area contributed by atoms with Crippen LogP contribution in [-0.2, 0) is 11.3 Å². The minimum atomic E-state index is -0.137. The summed E-state index contributed by atoms with van der Waals surface area (Å²) >= 11 is 5.84. The Bertz CT molecular complexity index is 632. The topological polar surface area (TPSA) is 42.8 Å². The van der Waals surface area contributed by atoms with Crippen LogP contribution in [0.3, 0.4) is 0 Å². The molecule has 2 N–H and O–H groups in total. The molecular weight excluding hydrogens is 324 g/mol. The number of benzene rings is 2. The molecule has 0 aliphatic carbocycles. The molecule has 0 radical (unpaired) electrons. The summed E-state index contributed by atoms with van der Waals surface area (Å²) in [5, 5.41) is 3.67. The van der Waals surface area contributed by atoms with Gasteiger partial charge in [-0.2, -0.15) is 0 Å². The Hall–Kier alpha value is -2.04. The van der Waals surface area contributed by atoms with Crippen LogP contribution in [0.15, 0.2) is 54.6 Å². The predicted octanol–water partition coefficient (Wildman–Crippen LogP) is 1.94. The van der Waals surface area contributed by atoms with E-state index >= 15 is 0 Å². The van der Waals surface area contributed by atoms with Crippen molar-refractivity contribution in [3.63, 3.8) is 0 Å². The predicted molar refractivity (Wildman–Crippen MR) is 96.5 cm³/mol. The Morgan fingerprint density at radius 3 is 2.50 bits per heavy atom. The smallest absolute Gasteiger partial charge is 0.278 e. The summed E-state index contributed by atoms with van der Waals surface area (Å²) in [7, 11) is 2.00. The summed E-state index contributed by atoms with van der Waals surface area (Å²) < 4.78 is 5.68. The fraction of sp³-hybridized carbons (Fsp3) is 0.316. The van der Waals surface area contributed by atoms with Crippen LogP contribution >= 0.6 is 11.6 Å². The maximum atomic E-state index is 12.2. The number of halogens is 1. The van der Waals surface area contributed by atoms with Crippen molar-refractivity contribution in [1.82, 2.24) is 5.32 Å². The Morgan fingerprint density at radius 2 is 1.83 bits per heavy atom. The van der Waals surface area contributed by atoms with Crippen molar-refractivity contribution in [3.8, 4) is 5.75 Å². The van der Waals surface area contributed by atoms with Crippen molar-refractivity contribution < 1.29 is 14.4 Å². The number of hydrogen-bond donors (Lipinski definition) is 2. The first kappa shape index (κ1) is 18.3. The monoisotopic (exact) mass is 347 g/mol. The summed E-state index contributed by atoms with van der Waals surface area (Å²) in [6.45, 7) is 3.77. The molecule has 0 spiro atoms. The van der Waals surface area contributed by atoms with Gasteiger partial charge in [-0.25, -0.2) is 0 Å². The maximum Gasteiger partial charge on any atom is 0.278 e. The van der Waals surface area contributed by atoms with Crippen LogP contribution in [0.5, 0.6) is 5.75 Å². The molecule has 2 aromatic carbocycles. The van der Waals surface area contributed by atoms with Gasteiger partial charge < -0.3 is 15.0 Å². The van der Waals surface area contributed by atoms with Crippen LogP contribution in [0.4, 0.5) is 0 Å². The molecular formula is C19H24ClN2O2+. The second-order valence-electron chi connectivity index (χ2n) is 5.82. The van der Waals surface area contributed by atoms with Gasteiger partial charge in [0.05, 0.1) is 7.05 Å². The lowest BCUT2D eigenvalue weighted by Gasteiger charge is -2.21. The van der Waals surface area contributed by atoms with Crippen molar-refractivity contribution in [2.45, 2.75) is 19.5 Å². The second-order valence-corrected chi connectivity index (χ2v) is 6.26. The zero-order valence-corrected chi connectivity index (χ0v) is 14.8. The zero-order valence-electron chi connectivity index (χ0n) is 14.1. The van der Waals surface area contributed by atoms with E-state index in [1.807, 2.05) is 56.4 Å². The number of carbonyl (C=O) groups excluding carboxylic acids is 1. The summed E-state index contributed by atoms with van der Waals surface area (Å²) in [6, 6.07) is 17.0. The number of hydrogen-bond acceptors (Lipinski definition) is 2. The van der Waals surface area contributed by atoms with Gasteiger partial charge in [-0.3, -0.25) is 4.79 Å². The third-order valence-corrected chi connectivity index (χ3v) is 4.27. The van der Waals surface area contributed by atoms with Gasteiger partial charge in [-0.05, 0) is 36.8 Å². The molecule has 0 aliphatic heterocycles. The molecule has 0 heterocycles. The Balaban J connectivity index is 1.71. The first-order valence-electron chi connectivity index (χ1n) is 8.08. The van der Waals surface area contributed by atoms with Crippen molar-refractivity contribution in [1.29, 1.82) is 0 Å². The van der Waals surface area contributed by atoms with Gasteiger partial charge in [-0.1, -0.05) is 41.9 Å². The molecule has 2 atom stereocenters. The van der Waals surface area contributed by atoms with Crippen LogP contribution in [-0.4, -0.2) is 32.1 Å². The van der Waals surface area contributed by atoms with Gasteiger partial charge in [0.2, 0.25) is 0 Å². The minimum Gasteiger partial charge on any atom is -0.488 e. The Morgan fingerprint density at radius 1 is 1.17 bits per heavy atom. The van der Waals surface area contributed by atoms with Crippen LogP contribution < -0.4 is 15.0 Å². The quantitative estimate of drug-likeness (QED) is 0.766. The number of rotatable bonds is 8. The van der Waals surface area contributed by atoms with E-state index in [2.05, 4.69) is 5.32 Å². The molecule has 24 heavy (non-hydrogen) atoms. The lowest BCUT2D eigenvalue weighted by molar-refractivity contribution is -0.894. The van der Waals surface area contributed by atoms with Crippen molar-refractivity contribution in [2.24, 2.45) is 0 Å². The van der Waals surface area contributed by atoms with Crippen LogP contribution in [0.1, 0.15) is 12.5 Å². The first-order chi connectivity index (χ1) is 11.6. The van der Waals surface area contributed by atoms with Crippen LogP contribution in [0, 0.1) is 0 Å². The number of amides is 1. The molecule has 1 unspecified atom stereocenters. The zero-order chi connectivity index (χ0) is 17.4. The fourth-order valence-corrected chi connectivity index (χ4v) is 2.37. The van der Waals surface area contributed by atoms with E-state index in [0.717, 1.165) is 22.8 Å². The van der Waals surface area contributed by atoms with E-state index in [1.54, 1.807) is 12.1 Å². The number of likely N-dealkylation sites (N-methyl/N-ethyl adjacent to an activating group) is 1. The average molecular weight is 348 g/mol. The SMILES string of the molecule is C[C@H](C(=O)NCc1ccccc1)[NH+](C)CCOc1ccc(Cl)cc1. The molecule has 0 fully saturated rings. The van der Waals surface area contributed by atoms with E-state index in [0.29, 0.717) is 18.2 Å². The van der Waals surface area contributed by atoms with Gasteiger partial charge in [0.25, 0.3) is 5.91 Å². The van der Waals surface area contributed by atoms with Gasteiger partial charge >= 0.3 is 0 Å². The Labute approximate surface area is 148 Å². The molecule has 2 aromatic rings. The molecule has 0 bridgehead atoms. The fourth-order valence-electron chi connectivity index (χ4n) is 2.24. The van der Waals surface area contributed by atoms with Gasteiger partial charge in [-0.15, -0.1) is 0 Å². The maximum absolute atomic E-state index is 12.2.